The van der Waals surface area contributed by atoms with E-state index >= 15 is 0 Å². The van der Waals surface area contributed by atoms with Gasteiger partial charge in [0.05, 0.1) is 22.8 Å². The number of nitrogens with zero attached hydrogens (tertiary/aromatic N) is 2. The molecular weight excluding hydrogens is 236 g/mol. The Hall–Kier alpha value is -2.36. The predicted octanol–water partition coefficient (Wildman–Crippen LogP) is 2.65. The third-order valence-corrected chi connectivity index (χ3v) is 2.99. The fraction of sp³-hybridized carbons (Fsp3) is 0.200. The van der Waals surface area contributed by atoms with Crippen LogP contribution in [0.2, 0.25) is 0 Å². The van der Waals surface area contributed by atoms with Gasteiger partial charge in [-0.1, -0.05) is 0 Å². The Balaban J connectivity index is 2.31. The van der Waals surface area contributed by atoms with Crippen LogP contribution in [0, 0.1) is 5.41 Å². The summed E-state index contributed by atoms with van der Waals surface area (Å²) in [6, 6.07) is 7.94. The van der Waals surface area contributed by atoms with E-state index in [9.17, 15) is 0 Å². The quantitative estimate of drug-likeness (QED) is 0.797. The van der Waals surface area contributed by atoms with Gasteiger partial charge in [-0.2, -0.15) is 0 Å². The van der Waals surface area contributed by atoms with E-state index < -0.39 is 0 Å². The first-order valence-electron chi connectivity index (χ1n) is 6.08. The summed E-state index contributed by atoms with van der Waals surface area (Å²) < 4.78 is 0. The van der Waals surface area contributed by atoms with Crippen LogP contribution in [0.3, 0.4) is 0 Å². The van der Waals surface area contributed by atoms with Gasteiger partial charge in [0, 0.05) is 19.8 Å². The third-order valence-electron chi connectivity index (χ3n) is 2.99. The molecule has 19 heavy (non-hydrogen) atoms. The van der Waals surface area contributed by atoms with E-state index in [1.165, 1.54) is 0 Å². The minimum Gasteiger partial charge on any atom is -0.397 e. The number of hydrogen-bond acceptors (Lipinski definition) is 4. The molecule has 0 radical (unpaired) electrons. The van der Waals surface area contributed by atoms with E-state index in [2.05, 4.69) is 4.99 Å². The van der Waals surface area contributed by atoms with E-state index in [-0.39, 0.29) is 0 Å². The first-order chi connectivity index (χ1) is 8.97. The fourth-order valence-corrected chi connectivity index (χ4v) is 1.77. The molecule has 4 heteroatoms. The van der Waals surface area contributed by atoms with E-state index in [4.69, 9.17) is 11.1 Å². The minimum atomic E-state index is 0.444. The largest absolute Gasteiger partial charge is 0.397 e. The Morgan fingerprint density at radius 2 is 1.74 bits per heavy atom. The van der Waals surface area contributed by atoms with E-state index in [0.29, 0.717) is 17.1 Å². The van der Waals surface area contributed by atoms with Gasteiger partial charge in [0.15, 0.2) is 0 Å². The molecule has 98 valence electrons. The summed E-state index contributed by atoms with van der Waals surface area (Å²) in [4.78, 5) is 6.56. The molecule has 0 bridgehead atoms. The Labute approximate surface area is 113 Å². The van der Waals surface area contributed by atoms with Gasteiger partial charge in [-0.25, -0.2) is 4.99 Å². The van der Waals surface area contributed by atoms with Crippen molar-refractivity contribution in [2.24, 2.45) is 10.7 Å². The van der Waals surface area contributed by atoms with Crippen LogP contribution in [0.4, 0.5) is 11.4 Å². The summed E-state index contributed by atoms with van der Waals surface area (Å²) >= 11 is 0. The SMILES string of the molecule is CC1=CC(=Nc2ccc(N(C)C)cc2)C(N)=CC1=N. The smallest absolute Gasteiger partial charge is 0.0870 e. The van der Waals surface area contributed by atoms with Gasteiger partial charge in [-0.05, 0) is 48.9 Å². The number of aliphatic imine (C=N–C) groups is 1. The van der Waals surface area contributed by atoms with Crippen LogP contribution in [-0.2, 0) is 0 Å². The average Bonchev–Trinajstić information content (AvgIpc) is 2.36. The molecule has 2 rings (SSSR count). The standard InChI is InChI=1S/C15H18N4/c1-10-8-15(14(17)9-13(10)16)18-11-4-6-12(7-5-11)19(2)3/h4-9,16H,17H2,1-3H3. The second-order valence-electron chi connectivity index (χ2n) is 4.75. The van der Waals surface area contributed by atoms with Crippen molar-refractivity contribution in [3.05, 3.63) is 47.7 Å². The molecule has 0 amide bonds. The monoisotopic (exact) mass is 254 g/mol. The number of allylic oxidation sites excluding steroid dienone is 3. The van der Waals surface area contributed by atoms with Gasteiger partial charge in [0.25, 0.3) is 0 Å². The molecule has 0 unspecified atom stereocenters. The molecule has 4 nitrogen and oxygen atoms in total. The van der Waals surface area contributed by atoms with Crippen molar-refractivity contribution in [3.8, 4) is 0 Å². The van der Waals surface area contributed by atoms with Crippen molar-refractivity contribution in [1.29, 1.82) is 5.41 Å². The zero-order valence-corrected chi connectivity index (χ0v) is 11.4. The molecule has 0 fully saturated rings. The molecule has 0 atom stereocenters. The number of benzene rings is 1. The molecule has 0 spiro atoms. The molecule has 0 heterocycles. The van der Waals surface area contributed by atoms with Gasteiger partial charge in [0.1, 0.15) is 0 Å². The summed E-state index contributed by atoms with van der Waals surface area (Å²) in [5.41, 5.74) is 10.4. The molecule has 0 aromatic heterocycles. The number of rotatable bonds is 2. The third kappa shape index (κ3) is 2.91. The lowest BCUT2D eigenvalue weighted by atomic mass is 10.0. The van der Waals surface area contributed by atoms with Crippen molar-refractivity contribution < 1.29 is 0 Å². The normalized spacial score (nSPS) is 17.2. The Bertz CT molecular complexity index is 589. The maximum atomic E-state index is 7.68. The van der Waals surface area contributed by atoms with Crippen molar-refractivity contribution in [1.82, 2.24) is 0 Å². The van der Waals surface area contributed by atoms with Crippen LogP contribution in [-0.4, -0.2) is 25.5 Å². The first kappa shape index (κ1) is 13.1. The number of hydrogen-bond donors (Lipinski definition) is 2. The van der Waals surface area contributed by atoms with E-state index in [0.717, 1.165) is 16.9 Å². The molecule has 3 N–H and O–H groups in total. The number of nitrogens with two attached hydrogens (primary N) is 1. The molecule has 1 aromatic rings. The molecular formula is C15H18N4. The zero-order valence-electron chi connectivity index (χ0n) is 11.4. The average molecular weight is 254 g/mol. The van der Waals surface area contributed by atoms with Crippen LogP contribution in [0.1, 0.15) is 6.92 Å². The molecule has 1 aromatic carbocycles. The Kier molecular flexibility index (Phi) is 3.51. The number of nitrogens with one attached hydrogen (secondary N) is 1. The van der Waals surface area contributed by atoms with Gasteiger partial charge >= 0.3 is 0 Å². The zero-order chi connectivity index (χ0) is 14.0. The lowest BCUT2D eigenvalue weighted by Gasteiger charge is -2.13. The van der Waals surface area contributed by atoms with E-state index in [1.54, 1.807) is 6.08 Å². The van der Waals surface area contributed by atoms with Crippen LogP contribution in [0.15, 0.2) is 52.7 Å². The molecule has 1 aliphatic rings. The fourth-order valence-electron chi connectivity index (χ4n) is 1.77. The first-order valence-corrected chi connectivity index (χ1v) is 6.08. The Morgan fingerprint density at radius 1 is 1.11 bits per heavy atom. The highest BCUT2D eigenvalue weighted by Gasteiger charge is 2.10. The lowest BCUT2D eigenvalue weighted by molar-refractivity contribution is 1.13. The maximum absolute atomic E-state index is 7.68. The van der Waals surface area contributed by atoms with E-state index in [1.807, 2.05) is 56.3 Å². The van der Waals surface area contributed by atoms with Gasteiger partial charge in [0.2, 0.25) is 0 Å². The van der Waals surface area contributed by atoms with Crippen LogP contribution in [0.5, 0.6) is 0 Å². The second-order valence-corrected chi connectivity index (χ2v) is 4.75. The van der Waals surface area contributed by atoms with Crippen molar-refractivity contribution >= 4 is 22.8 Å². The van der Waals surface area contributed by atoms with Crippen LogP contribution >= 0.6 is 0 Å². The number of anilines is 1. The second kappa shape index (κ2) is 5.10. The van der Waals surface area contributed by atoms with Gasteiger partial charge in [-0.15, -0.1) is 0 Å². The summed E-state index contributed by atoms with van der Waals surface area (Å²) in [6.07, 6.45) is 3.49. The van der Waals surface area contributed by atoms with Crippen molar-refractivity contribution in [2.75, 3.05) is 19.0 Å². The predicted molar refractivity (Wildman–Crippen MR) is 81.6 cm³/mol. The van der Waals surface area contributed by atoms with Crippen LogP contribution in [0.25, 0.3) is 0 Å². The van der Waals surface area contributed by atoms with Crippen molar-refractivity contribution in [3.63, 3.8) is 0 Å². The van der Waals surface area contributed by atoms with Crippen molar-refractivity contribution in [2.45, 2.75) is 6.92 Å². The van der Waals surface area contributed by atoms with Gasteiger partial charge in [-0.3, -0.25) is 0 Å². The highest BCUT2D eigenvalue weighted by Crippen LogP contribution is 2.20. The van der Waals surface area contributed by atoms with Gasteiger partial charge < -0.3 is 16.0 Å². The highest BCUT2D eigenvalue weighted by atomic mass is 15.1. The molecule has 0 saturated carbocycles. The summed E-state index contributed by atoms with van der Waals surface area (Å²) in [6.45, 7) is 1.88. The maximum Gasteiger partial charge on any atom is 0.0870 e. The Morgan fingerprint density at radius 3 is 2.32 bits per heavy atom. The lowest BCUT2D eigenvalue weighted by Crippen LogP contribution is -2.17. The highest BCUT2D eigenvalue weighted by molar-refractivity contribution is 6.22. The topological polar surface area (TPSA) is 65.5 Å². The summed E-state index contributed by atoms with van der Waals surface area (Å²) in [7, 11) is 4.00. The van der Waals surface area contributed by atoms with Crippen LogP contribution < -0.4 is 10.6 Å². The summed E-state index contributed by atoms with van der Waals surface area (Å²) in [5, 5.41) is 7.68. The molecule has 0 aliphatic heterocycles. The minimum absolute atomic E-state index is 0.444. The summed E-state index contributed by atoms with van der Waals surface area (Å²) in [5.74, 6) is 0. The molecule has 0 saturated heterocycles. The molecule has 1 aliphatic carbocycles.